The van der Waals surface area contributed by atoms with Gasteiger partial charge < -0.3 is 5.11 Å². The highest BCUT2D eigenvalue weighted by Gasteiger charge is 2.64. The number of hydrogen-bond acceptors (Lipinski definition) is 1. The standard InChI is InChI=1S/C14H23F5O2/c1-3-5-7-10(8-6-9-12(20)21)13(16,17)14(18,19)11(15)4-2/h10-11H,3-9H2,1-2H3,(H,20,21). The van der Waals surface area contributed by atoms with Gasteiger partial charge in [-0.05, 0) is 25.7 Å². The average Bonchev–Trinajstić information content (AvgIpc) is 2.40. The predicted molar refractivity (Wildman–Crippen MR) is 69.6 cm³/mol. The van der Waals surface area contributed by atoms with E-state index < -0.39 is 36.3 Å². The molecule has 0 aliphatic heterocycles. The van der Waals surface area contributed by atoms with E-state index in [4.69, 9.17) is 5.11 Å². The van der Waals surface area contributed by atoms with E-state index in [9.17, 15) is 26.7 Å². The van der Waals surface area contributed by atoms with Gasteiger partial charge in [0, 0.05) is 12.3 Å². The van der Waals surface area contributed by atoms with Crippen molar-refractivity contribution in [3.8, 4) is 0 Å². The van der Waals surface area contributed by atoms with Crippen LogP contribution in [0.15, 0.2) is 0 Å². The molecule has 0 radical (unpaired) electrons. The monoisotopic (exact) mass is 318 g/mol. The Morgan fingerprint density at radius 1 is 1.05 bits per heavy atom. The molecule has 0 bridgehead atoms. The number of hydrogen-bond donors (Lipinski definition) is 1. The largest absolute Gasteiger partial charge is 0.481 e. The molecule has 0 amide bonds. The molecule has 2 atom stereocenters. The number of carboxylic acids is 1. The number of aliphatic carboxylic acids is 1. The number of carboxylic acid groups (broad SMARTS) is 1. The van der Waals surface area contributed by atoms with Gasteiger partial charge in [0.05, 0.1) is 0 Å². The maximum absolute atomic E-state index is 14.0. The molecule has 0 aromatic carbocycles. The first-order chi connectivity index (χ1) is 9.61. The zero-order valence-electron chi connectivity index (χ0n) is 12.3. The summed E-state index contributed by atoms with van der Waals surface area (Å²) in [5, 5.41) is 8.50. The number of rotatable bonds is 11. The predicted octanol–water partition coefficient (Wildman–Crippen LogP) is 5.07. The van der Waals surface area contributed by atoms with E-state index in [2.05, 4.69) is 0 Å². The Kier molecular flexibility index (Phi) is 8.18. The van der Waals surface area contributed by atoms with E-state index in [1.165, 1.54) is 0 Å². The van der Waals surface area contributed by atoms with Crippen LogP contribution in [0.2, 0.25) is 0 Å². The molecule has 0 aliphatic carbocycles. The Morgan fingerprint density at radius 3 is 2.00 bits per heavy atom. The van der Waals surface area contributed by atoms with E-state index in [-0.39, 0.29) is 25.7 Å². The highest BCUT2D eigenvalue weighted by molar-refractivity contribution is 5.66. The quantitative estimate of drug-likeness (QED) is 0.540. The molecule has 0 heterocycles. The van der Waals surface area contributed by atoms with Crippen LogP contribution in [-0.2, 0) is 4.79 Å². The molecule has 0 aromatic rings. The van der Waals surface area contributed by atoms with Crippen LogP contribution < -0.4 is 0 Å². The van der Waals surface area contributed by atoms with Gasteiger partial charge in [0.15, 0.2) is 6.17 Å². The van der Waals surface area contributed by atoms with Gasteiger partial charge in [-0.1, -0.05) is 26.7 Å². The normalized spacial score (nSPS) is 15.8. The zero-order chi connectivity index (χ0) is 16.7. The lowest BCUT2D eigenvalue weighted by Gasteiger charge is -2.35. The number of carbonyl (C=O) groups is 1. The van der Waals surface area contributed by atoms with Gasteiger partial charge in [0.25, 0.3) is 0 Å². The van der Waals surface area contributed by atoms with Crippen LogP contribution in [0, 0.1) is 5.92 Å². The summed E-state index contributed by atoms with van der Waals surface area (Å²) in [6.07, 6.45) is -3.76. The number of unbranched alkanes of at least 4 members (excludes halogenated alkanes) is 1. The van der Waals surface area contributed by atoms with Gasteiger partial charge in [-0.15, -0.1) is 0 Å². The summed E-state index contributed by atoms with van der Waals surface area (Å²) in [5.41, 5.74) is 0. The van der Waals surface area contributed by atoms with E-state index >= 15 is 0 Å². The lowest BCUT2D eigenvalue weighted by molar-refractivity contribution is -0.264. The minimum atomic E-state index is -4.73. The third-order valence-electron chi connectivity index (χ3n) is 3.56. The summed E-state index contributed by atoms with van der Waals surface area (Å²) in [4.78, 5) is 10.4. The summed E-state index contributed by atoms with van der Waals surface area (Å²) in [6, 6.07) is 0. The fourth-order valence-electron chi connectivity index (χ4n) is 2.19. The lowest BCUT2D eigenvalue weighted by atomic mass is 9.84. The molecule has 21 heavy (non-hydrogen) atoms. The molecule has 126 valence electrons. The van der Waals surface area contributed by atoms with Crippen molar-refractivity contribution in [2.24, 2.45) is 5.92 Å². The van der Waals surface area contributed by atoms with Gasteiger partial charge in [-0.3, -0.25) is 4.79 Å². The minimum absolute atomic E-state index is 0.127. The molecule has 0 aliphatic rings. The Balaban J connectivity index is 5.03. The summed E-state index contributed by atoms with van der Waals surface area (Å²) in [7, 11) is 0. The van der Waals surface area contributed by atoms with Crippen LogP contribution in [0.1, 0.15) is 58.8 Å². The highest BCUT2D eigenvalue weighted by Crippen LogP contribution is 2.47. The Bertz CT molecular complexity index is 320. The van der Waals surface area contributed by atoms with Crippen LogP contribution in [0.4, 0.5) is 22.0 Å². The average molecular weight is 318 g/mol. The Morgan fingerprint density at radius 2 is 1.57 bits per heavy atom. The van der Waals surface area contributed by atoms with E-state index in [0.717, 1.165) is 6.92 Å². The second kappa shape index (κ2) is 8.54. The smallest absolute Gasteiger partial charge is 0.340 e. The summed E-state index contributed by atoms with van der Waals surface area (Å²) < 4.78 is 68.5. The number of halogens is 5. The van der Waals surface area contributed by atoms with Gasteiger partial charge in [-0.2, -0.15) is 17.6 Å². The van der Waals surface area contributed by atoms with Crippen LogP contribution in [0.3, 0.4) is 0 Å². The maximum atomic E-state index is 14.0. The molecule has 1 N–H and O–H groups in total. The first-order valence-electron chi connectivity index (χ1n) is 7.22. The van der Waals surface area contributed by atoms with Crippen molar-refractivity contribution in [2.75, 3.05) is 0 Å². The van der Waals surface area contributed by atoms with Gasteiger partial charge in [0.2, 0.25) is 0 Å². The summed E-state index contributed by atoms with van der Waals surface area (Å²) in [5.74, 6) is -12.1. The van der Waals surface area contributed by atoms with Crippen LogP contribution in [0.25, 0.3) is 0 Å². The van der Waals surface area contributed by atoms with Gasteiger partial charge in [-0.25, -0.2) is 4.39 Å². The van der Waals surface area contributed by atoms with Crippen LogP contribution in [-0.4, -0.2) is 29.1 Å². The zero-order valence-corrected chi connectivity index (χ0v) is 12.3. The highest BCUT2D eigenvalue weighted by atomic mass is 19.3. The van der Waals surface area contributed by atoms with Crippen molar-refractivity contribution in [3.05, 3.63) is 0 Å². The molecule has 0 saturated heterocycles. The molecule has 2 nitrogen and oxygen atoms in total. The van der Waals surface area contributed by atoms with Crippen molar-refractivity contribution >= 4 is 5.97 Å². The third-order valence-corrected chi connectivity index (χ3v) is 3.56. The maximum Gasteiger partial charge on any atom is 0.340 e. The van der Waals surface area contributed by atoms with Gasteiger partial charge >= 0.3 is 17.8 Å². The van der Waals surface area contributed by atoms with E-state index in [1.807, 2.05) is 0 Å². The van der Waals surface area contributed by atoms with Crippen LogP contribution in [0.5, 0.6) is 0 Å². The number of alkyl halides is 5. The first-order valence-corrected chi connectivity index (χ1v) is 7.22. The van der Waals surface area contributed by atoms with Crippen molar-refractivity contribution in [1.29, 1.82) is 0 Å². The van der Waals surface area contributed by atoms with E-state index in [1.54, 1.807) is 6.92 Å². The molecule has 2 unspecified atom stereocenters. The molecule has 0 rings (SSSR count). The molecular formula is C14H23F5O2. The Hall–Kier alpha value is -0.880. The molecule has 0 saturated carbocycles. The van der Waals surface area contributed by atoms with E-state index in [0.29, 0.717) is 12.8 Å². The summed E-state index contributed by atoms with van der Waals surface area (Å²) >= 11 is 0. The SMILES string of the molecule is CCCCC(CCCC(=O)O)C(F)(F)C(F)(F)C(F)CC. The molecule has 0 spiro atoms. The lowest BCUT2D eigenvalue weighted by Crippen LogP contribution is -2.52. The fourth-order valence-corrected chi connectivity index (χ4v) is 2.19. The second-order valence-corrected chi connectivity index (χ2v) is 5.25. The molecular weight excluding hydrogens is 295 g/mol. The van der Waals surface area contributed by atoms with Crippen molar-refractivity contribution < 1.29 is 31.9 Å². The molecule has 7 heteroatoms. The van der Waals surface area contributed by atoms with Crippen molar-refractivity contribution in [1.82, 2.24) is 0 Å². The second-order valence-electron chi connectivity index (χ2n) is 5.25. The molecule has 0 aromatic heterocycles. The molecule has 0 fully saturated rings. The first kappa shape index (κ1) is 20.1. The minimum Gasteiger partial charge on any atom is -0.481 e. The summed E-state index contributed by atoms with van der Waals surface area (Å²) in [6.45, 7) is 2.81. The van der Waals surface area contributed by atoms with Gasteiger partial charge in [0.1, 0.15) is 0 Å². The van der Waals surface area contributed by atoms with Crippen molar-refractivity contribution in [3.63, 3.8) is 0 Å². The third kappa shape index (κ3) is 5.43. The Labute approximate surface area is 121 Å². The topological polar surface area (TPSA) is 37.3 Å². The van der Waals surface area contributed by atoms with Crippen LogP contribution >= 0.6 is 0 Å². The van der Waals surface area contributed by atoms with Crippen molar-refractivity contribution in [2.45, 2.75) is 76.8 Å². The fraction of sp³-hybridized carbons (Fsp3) is 0.929.